The molecular formula is C19H26ClNO. The predicted molar refractivity (Wildman–Crippen MR) is 91.6 cm³/mol. The molecule has 2 heterocycles. The monoisotopic (exact) mass is 319 g/mol. The molecule has 0 N–H and O–H groups in total. The topological polar surface area (TPSA) is 20.3 Å². The van der Waals surface area contributed by atoms with Crippen LogP contribution in [0.15, 0.2) is 24.3 Å². The first-order valence-corrected chi connectivity index (χ1v) is 8.39. The molecule has 3 heteroatoms. The fraction of sp³-hybridized carbons (Fsp3) is 0.632. The molecule has 3 fully saturated rings. The SMILES string of the molecule is CC[C@]12CC3[C@@H](C(C)=O)CC1C(Cc1ccccc12)N3C.Cl. The predicted octanol–water partition coefficient (Wildman–Crippen LogP) is 3.61. The zero-order chi connectivity index (χ0) is 14.8. The molecule has 0 spiro atoms. The van der Waals surface area contributed by atoms with Gasteiger partial charge in [-0.05, 0) is 56.7 Å². The summed E-state index contributed by atoms with van der Waals surface area (Å²) in [7, 11) is 2.25. The molecular weight excluding hydrogens is 294 g/mol. The molecule has 5 rings (SSSR count). The molecule has 1 aromatic carbocycles. The van der Waals surface area contributed by atoms with E-state index in [2.05, 4.69) is 43.1 Å². The first-order valence-electron chi connectivity index (χ1n) is 8.39. The summed E-state index contributed by atoms with van der Waals surface area (Å²) in [5, 5.41) is 0. The van der Waals surface area contributed by atoms with E-state index in [4.69, 9.17) is 0 Å². The maximum Gasteiger partial charge on any atom is 0.134 e. The zero-order valence-corrected chi connectivity index (χ0v) is 14.5. The second kappa shape index (κ2) is 5.35. The van der Waals surface area contributed by atoms with E-state index in [0.29, 0.717) is 29.2 Å². The molecule has 2 aliphatic carbocycles. The minimum atomic E-state index is 0. The Hall–Kier alpha value is -0.860. The molecule has 0 amide bonds. The molecule has 2 nitrogen and oxygen atoms in total. The fourth-order valence-corrected chi connectivity index (χ4v) is 5.85. The molecule has 0 aromatic heterocycles. The van der Waals surface area contributed by atoms with Crippen molar-refractivity contribution in [2.24, 2.45) is 11.8 Å². The summed E-state index contributed by atoms with van der Waals surface area (Å²) in [6, 6.07) is 10.1. The summed E-state index contributed by atoms with van der Waals surface area (Å²) in [6.07, 6.45) is 4.65. The van der Waals surface area contributed by atoms with Gasteiger partial charge in [0.05, 0.1) is 0 Å². The number of rotatable bonds is 2. The van der Waals surface area contributed by atoms with Crippen LogP contribution in [0.3, 0.4) is 0 Å². The Labute approximate surface area is 139 Å². The van der Waals surface area contributed by atoms with Gasteiger partial charge in [-0.15, -0.1) is 12.4 Å². The number of benzene rings is 1. The van der Waals surface area contributed by atoms with Crippen molar-refractivity contribution in [3.8, 4) is 0 Å². The van der Waals surface area contributed by atoms with Crippen LogP contribution in [0.1, 0.15) is 44.2 Å². The van der Waals surface area contributed by atoms with E-state index in [1.54, 1.807) is 18.1 Å². The second-order valence-corrected chi connectivity index (χ2v) is 7.43. The third-order valence-electron chi connectivity index (χ3n) is 6.90. The largest absolute Gasteiger partial charge is 0.300 e. The summed E-state index contributed by atoms with van der Waals surface area (Å²) in [5.41, 5.74) is 3.46. The Kier molecular flexibility index (Phi) is 3.89. The van der Waals surface area contributed by atoms with Crippen LogP contribution in [0.2, 0.25) is 0 Å². The quantitative estimate of drug-likeness (QED) is 0.830. The van der Waals surface area contributed by atoms with Gasteiger partial charge in [-0.25, -0.2) is 0 Å². The van der Waals surface area contributed by atoms with Crippen molar-refractivity contribution < 1.29 is 4.79 Å². The van der Waals surface area contributed by atoms with Crippen molar-refractivity contribution >= 4 is 18.2 Å². The smallest absolute Gasteiger partial charge is 0.134 e. The highest BCUT2D eigenvalue weighted by Crippen LogP contribution is 2.59. The fourth-order valence-electron chi connectivity index (χ4n) is 5.85. The van der Waals surface area contributed by atoms with Crippen molar-refractivity contribution in [3.63, 3.8) is 0 Å². The van der Waals surface area contributed by atoms with E-state index < -0.39 is 0 Å². The Morgan fingerprint density at radius 1 is 1.32 bits per heavy atom. The average Bonchev–Trinajstić information content (AvgIpc) is 2.50. The summed E-state index contributed by atoms with van der Waals surface area (Å²) in [4.78, 5) is 14.6. The molecule has 2 aliphatic heterocycles. The highest BCUT2D eigenvalue weighted by molar-refractivity contribution is 5.85. The van der Waals surface area contributed by atoms with E-state index in [1.807, 2.05) is 0 Å². The van der Waals surface area contributed by atoms with E-state index in [9.17, 15) is 4.79 Å². The molecule has 3 unspecified atom stereocenters. The Morgan fingerprint density at radius 3 is 2.73 bits per heavy atom. The van der Waals surface area contributed by atoms with Gasteiger partial charge in [0.15, 0.2) is 0 Å². The molecule has 5 atom stereocenters. The Morgan fingerprint density at radius 2 is 2.05 bits per heavy atom. The summed E-state index contributed by atoms with van der Waals surface area (Å²) in [6.45, 7) is 4.14. The third kappa shape index (κ3) is 1.86. The summed E-state index contributed by atoms with van der Waals surface area (Å²) >= 11 is 0. The molecule has 120 valence electrons. The normalized spacial score (nSPS) is 39.0. The molecule has 4 bridgehead atoms. The minimum absolute atomic E-state index is 0. The van der Waals surface area contributed by atoms with Crippen molar-refractivity contribution in [1.29, 1.82) is 0 Å². The first-order chi connectivity index (χ1) is 10.1. The van der Waals surface area contributed by atoms with E-state index >= 15 is 0 Å². The highest BCUT2D eigenvalue weighted by atomic mass is 35.5. The first kappa shape index (κ1) is 16.0. The van der Waals surface area contributed by atoms with Crippen LogP contribution in [0.4, 0.5) is 0 Å². The molecule has 1 saturated carbocycles. The Bertz CT molecular complexity index is 601. The lowest BCUT2D eigenvalue weighted by molar-refractivity contribution is -0.139. The minimum Gasteiger partial charge on any atom is -0.300 e. The van der Waals surface area contributed by atoms with Crippen molar-refractivity contribution in [1.82, 2.24) is 4.90 Å². The van der Waals surface area contributed by atoms with E-state index in [1.165, 1.54) is 19.3 Å². The number of carbonyl (C=O) groups excluding carboxylic acids is 1. The van der Waals surface area contributed by atoms with Gasteiger partial charge in [0, 0.05) is 23.4 Å². The van der Waals surface area contributed by atoms with Gasteiger partial charge >= 0.3 is 0 Å². The molecule has 4 aliphatic rings. The number of halogens is 1. The van der Waals surface area contributed by atoms with Crippen LogP contribution < -0.4 is 0 Å². The van der Waals surface area contributed by atoms with Crippen LogP contribution in [0, 0.1) is 11.8 Å². The van der Waals surface area contributed by atoms with Crippen LogP contribution >= 0.6 is 12.4 Å². The van der Waals surface area contributed by atoms with Crippen molar-refractivity contribution in [3.05, 3.63) is 35.4 Å². The van der Waals surface area contributed by atoms with Crippen LogP contribution in [0.5, 0.6) is 0 Å². The number of piperidine rings is 2. The molecule has 1 aromatic rings. The number of fused-ring (bicyclic) bond motifs is 2. The number of hydrogen-bond acceptors (Lipinski definition) is 2. The third-order valence-corrected chi connectivity index (χ3v) is 6.90. The molecule has 0 radical (unpaired) electrons. The van der Waals surface area contributed by atoms with Gasteiger partial charge in [-0.3, -0.25) is 9.69 Å². The number of likely N-dealkylation sites (N-methyl/N-ethyl adjacent to an activating group) is 1. The van der Waals surface area contributed by atoms with Gasteiger partial charge in [0.2, 0.25) is 0 Å². The average molecular weight is 320 g/mol. The van der Waals surface area contributed by atoms with Gasteiger partial charge in [0.25, 0.3) is 0 Å². The van der Waals surface area contributed by atoms with Crippen molar-refractivity contribution in [2.45, 2.75) is 57.0 Å². The zero-order valence-electron chi connectivity index (χ0n) is 13.7. The number of Topliss-reactive ketones (excluding diaryl/α,β-unsaturated/α-hetero) is 1. The Balaban J connectivity index is 0.00000144. The lowest BCUT2D eigenvalue weighted by Gasteiger charge is -2.65. The number of nitrogens with zero attached hydrogens (tertiary/aromatic N) is 1. The number of ketones is 1. The van der Waals surface area contributed by atoms with Crippen LogP contribution in [-0.4, -0.2) is 29.8 Å². The summed E-state index contributed by atoms with van der Waals surface area (Å²) in [5.74, 6) is 1.32. The highest BCUT2D eigenvalue weighted by Gasteiger charge is 2.60. The summed E-state index contributed by atoms with van der Waals surface area (Å²) < 4.78 is 0. The maximum absolute atomic E-state index is 12.1. The number of carbonyl (C=O) groups is 1. The standard InChI is InChI=1S/C19H25NO.ClH/c1-4-19-11-18-14(12(2)21)10-16(19)17(20(18)3)9-13-7-5-6-8-15(13)19;/h5-8,14,16-18H,4,9-11H2,1-3H3;1H/t14-,16?,17?,18?,19-;/m1./s1. The lowest BCUT2D eigenvalue weighted by Crippen LogP contribution is -2.69. The van der Waals surface area contributed by atoms with Crippen molar-refractivity contribution in [2.75, 3.05) is 7.05 Å². The van der Waals surface area contributed by atoms with Crippen LogP contribution in [0.25, 0.3) is 0 Å². The van der Waals surface area contributed by atoms with Gasteiger partial charge in [0.1, 0.15) is 5.78 Å². The van der Waals surface area contributed by atoms with Gasteiger partial charge in [-0.1, -0.05) is 31.2 Å². The van der Waals surface area contributed by atoms with E-state index in [-0.39, 0.29) is 18.3 Å². The maximum atomic E-state index is 12.1. The molecule has 22 heavy (non-hydrogen) atoms. The van der Waals surface area contributed by atoms with Gasteiger partial charge in [-0.2, -0.15) is 0 Å². The molecule has 2 saturated heterocycles. The lowest BCUT2D eigenvalue weighted by atomic mass is 9.48. The van der Waals surface area contributed by atoms with Gasteiger partial charge < -0.3 is 0 Å². The van der Waals surface area contributed by atoms with Crippen LogP contribution in [-0.2, 0) is 16.6 Å². The van der Waals surface area contributed by atoms with E-state index in [0.717, 1.165) is 6.42 Å². The number of hydrogen-bond donors (Lipinski definition) is 0. The second-order valence-electron chi connectivity index (χ2n) is 7.43.